The molecule has 0 aliphatic rings. The number of ketones is 1. The predicted octanol–water partition coefficient (Wildman–Crippen LogP) is 4.73. The Kier molecular flexibility index (Phi) is 5.08. The fourth-order valence-corrected chi connectivity index (χ4v) is 3.81. The van der Waals surface area contributed by atoms with Gasteiger partial charge in [-0.05, 0) is 48.9 Å². The number of Topliss-reactive ketones (excluding diaryl/α,β-unsaturated/α-hetero) is 1. The van der Waals surface area contributed by atoms with Crippen molar-refractivity contribution in [2.45, 2.75) is 12.7 Å². The summed E-state index contributed by atoms with van der Waals surface area (Å²) in [5.74, 6) is -0.390. The van der Waals surface area contributed by atoms with E-state index in [1.807, 2.05) is 22.7 Å². The molecule has 0 fully saturated rings. The van der Waals surface area contributed by atoms with Crippen LogP contribution in [0.4, 0.5) is 4.39 Å². The minimum atomic E-state index is -1.92. The maximum absolute atomic E-state index is 13.5. The van der Waals surface area contributed by atoms with Crippen LogP contribution in [0.3, 0.4) is 0 Å². The molecule has 0 aliphatic carbocycles. The second-order valence-corrected chi connectivity index (χ2v) is 7.58. The molecule has 4 aromatic rings. The zero-order chi connectivity index (χ0) is 20.5. The summed E-state index contributed by atoms with van der Waals surface area (Å²) in [5.41, 5.74) is 4.67. The molecule has 5 nitrogen and oxygen atoms in total. The van der Waals surface area contributed by atoms with Crippen molar-refractivity contribution < 1.29 is 17.9 Å². The first-order valence-electron chi connectivity index (χ1n) is 8.89. The molecule has 0 spiro atoms. The summed E-state index contributed by atoms with van der Waals surface area (Å²) in [6.07, 6.45) is 1.82. The minimum Gasteiger partial charge on any atom is -0.306 e. The van der Waals surface area contributed by atoms with Gasteiger partial charge in [-0.3, -0.25) is 9.20 Å². The number of benzene rings is 2. The van der Waals surface area contributed by atoms with E-state index in [0.29, 0.717) is 16.9 Å². The molecule has 1 atom stereocenters. The number of rotatable bonds is 5. The van der Waals surface area contributed by atoms with Crippen LogP contribution in [0, 0.1) is 5.82 Å². The second kappa shape index (κ2) is 7.69. The molecule has 0 radical (unpaired) electrons. The van der Waals surface area contributed by atoms with Crippen molar-refractivity contribution in [3.8, 4) is 22.5 Å². The summed E-state index contributed by atoms with van der Waals surface area (Å²) in [4.78, 5) is 16.8. The molecular weight excluding hydrogens is 391 g/mol. The Morgan fingerprint density at radius 3 is 2.34 bits per heavy atom. The monoisotopic (exact) mass is 408 g/mol. The first kappa shape index (κ1) is 19.2. The SMILES string of the molecule is CC(=O)c1cccn2c(-c3ccc(F)cc3)c(-c3ccc(CS(=O)O)cc3)nc12. The highest BCUT2D eigenvalue weighted by Gasteiger charge is 2.19. The standard InChI is InChI=1S/C22H17FN2O3S/c1-14(26)19-3-2-12-25-21(17-8-10-18(23)11-9-17)20(24-22(19)25)16-6-4-15(5-7-16)13-29(27)28/h2-12H,13H2,1H3,(H,27,28). The summed E-state index contributed by atoms with van der Waals surface area (Å²) in [6.45, 7) is 1.49. The molecule has 4 rings (SSSR count). The van der Waals surface area contributed by atoms with E-state index in [-0.39, 0.29) is 17.4 Å². The lowest BCUT2D eigenvalue weighted by Gasteiger charge is -2.07. The Hall–Kier alpha value is -3.16. The number of carbonyl (C=O) groups is 1. The predicted molar refractivity (Wildman–Crippen MR) is 111 cm³/mol. The van der Waals surface area contributed by atoms with Gasteiger partial charge in [0.1, 0.15) is 11.5 Å². The third kappa shape index (κ3) is 3.74. The third-order valence-corrected chi connectivity index (χ3v) is 5.24. The van der Waals surface area contributed by atoms with E-state index < -0.39 is 11.1 Å². The van der Waals surface area contributed by atoms with Crippen LogP contribution in [0.15, 0.2) is 66.9 Å². The van der Waals surface area contributed by atoms with Crippen molar-refractivity contribution >= 4 is 22.5 Å². The Balaban J connectivity index is 1.96. The highest BCUT2D eigenvalue weighted by molar-refractivity contribution is 7.78. The van der Waals surface area contributed by atoms with Crippen molar-refractivity contribution in [1.82, 2.24) is 9.38 Å². The fraction of sp³-hybridized carbons (Fsp3) is 0.0909. The molecule has 7 heteroatoms. The Morgan fingerprint density at radius 1 is 1.07 bits per heavy atom. The lowest BCUT2D eigenvalue weighted by atomic mass is 10.0. The van der Waals surface area contributed by atoms with Crippen LogP contribution in [-0.4, -0.2) is 23.9 Å². The Bertz CT molecular complexity index is 1230. The molecule has 0 aliphatic heterocycles. The Morgan fingerprint density at radius 2 is 1.72 bits per heavy atom. The number of hydrogen-bond acceptors (Lipinski definition) is 3. The number of carbonyl (C=O) groups excluding carboxylic acids is 1. The number of pyridine rings is 1. The maximum Gasteiger partial charge on any atom is 0.163 e. The summed E-state index contributed by atoms with van der Waals surface area (Å²) in [5, 5.41) is 0. The highest BCUT2D eigenvalue weighted by atomic mass is 32.2. The van der Waals surface area contributed by atoms with E-state index in [2.05, 4.69) is 0 Å². The van der Waals surface area contributed by atoms with Gasteiger partial charge < -0.3 is 4.55 Å². The van der Waals surface area contributed by atoms with Crippen LogP contribution in [0.1, 0.15) is 22.8 Å². The molecule has 146 valence electrons. The molecular formula is C22H17FN2O3S. The van der Waals surface area contributed by atoms with Gasteiger partial charge in [0.15, 0.2) is 16.9 Å². The van der Waals surface area contributed by atoms with Gasteiger partial charge in [0.05, 0.1) is 22.7 Å². The molecule has 1 N–H and O–H groups in total. The molecule has 2 aromatic heterocycles. The molecule has 2 heterocycles. The lowest BCUT2D eigenvalue weighted by molar-refractivity contribution is 0.101. The number of hydrogen-bond donors (Lipinski definition) is 1. The largest absolute Gasteiger partial charge is 0.306 e. The van der Waals surface area contributed by atoms with E-state index in [1.54, 1.807) is 36.4 Å². The van der Waals surface area contributed by atoms with Gasteiger partial charge in [-0.2, -0.15) is 0 Å². The van der Waals surface area contributed by atoms with Crippen LogP contribution in [0.5, 0.6) is 0 Å². The Labute approximate surface area is 169 Å². The second-order valence-electron chi connectivity index (χ2n) is 6.65. The van der Waals surface area contributed by atoms with Gasteiger partial charge in [0.25, 0.3) is 0 Å². The zero-order valence-electron chi connectivity index (χ0n) is 15.5. The maximum atomic E-state index is 13.5. The van der Waals surface area contributed by atoms with Gasteiger partial charge in [-0.15, -0.1) is 0 Å². The number of nitrogens with zero attached hydrogens (tertiary/aromatic N) is 2. The summed E-state index contributed by atoms with van der Waals surface area (Å²) in [7, 11) is 0. The van der Waals surface area contributed by atoms with Gasteiger partial charge in [0, 0.05) is 17.3 Å². The normalized spacial score (nSPS) is 12.2. The van der Waals surface area contributed by atoms with Crippen LogP contribution >= 0.6 is 0 Å². The average molecular weight is 408 g/mol. The molecule has 1 unspecified atom stereocenters. The number of imidazole rings is 1. The smallest absolute Gasteiger partial charge is 0.163 e. The first-order valence-corrected chi connectivity index (χ1v) is 10.2. The van der Waals surface area contributed by atoms with E-state index in [0.717, 1.165) is 22.4 Å². The fourth-order valence-electron chi connectivity index (χ4n) is 3.33. The third-order valence-electron chi connectivity index (χ3n) is 4.66. The highest BCUT2D eigenvalue weighted by Crippen LogP contribution is 2.34. The van der Waals surface area contributed by atoms with Crippen LogP contribution in [0.25, 0.3) is 28.2 Å². The van der Waals surface area contributed by atoms with E-state index in [1.165, 1.54) is 19.1 Å². The van der Waals surface area contributed by atoms with Crippen molar-refractivity contribution in [3.05, 3.63) is 83.8 Å². The van der Waals surface area contributed by atoms with Crippen LogP contribution < -0.4 is 0 Å². The molecule has 29 heavy (non-hydrogen) atoms. The van der Waals surface area contributed by atoms with Crippen molar-refractivity contribution in [2.24, 2.45) is 0 Å². The van der Waals surface area contributed by atoms with E-state index >= 15 is 0 Å². The molecule has 0 amide bonds. The van der Waals surface area contributed by atoms with Gasteiger partial charge in [-0.25, -0.2) is 13.6 Å². The average Bonchev–Trinajstić information content (AvgIpc) is 3.08. The quantitative estimate of drug-likeness (QED) is 0.383. The van der Waals surface area contributed by atoms with Crippen molar-refractivity contribution in [2.75, 3.05) is 0 Å². The topological polar surface area (TPSA) is 71.7 Å². The molecule has 0 bridgehead atoms. The number of halogens is 1. The van der Waals surface area contributed by atoms with Gasteiger partial charge >= 0.3 is 0 Å². The lowest BCUT2D eigenvalue weighted by Crippen LogP contribution is -1.98. The van der Waals surface area contributed by atoms with Crippen molar-refractivity contribution in [1.29, 1.82) is 0 Å². The molecule has 0 saturated heterocycles. The van der Waals surface area contributed by atoms with Gasteiger partial charge in [-0.1, -0.05) is 24.3 Å². The zero-order valence-corrected chi connectivity index (χ0v) is 16.3. The van der Waals surface area contributed by atoms with Crippen molar-refractivity contribution in [3.63, 3.8) is 0 Å². The van der Waals surface area contributed by atoms with Crippen LogP contribution in [0.2, 0.25) is 0 Å². The van der Waals surface area contributed by atoms with Crippen LogP contribution in [-0.2, 0) is 16.8 Å². The summed E-state index contributed by atoms with van der Waals surface area (Å²) < 4.78 is 35.4. The van der Waals surface area contributed by atoms with E-state index in [9.17, 15) is 13.4 Å². The number of fused-ring (bicyclic) bond motifs is 1. The summed E-state index contributed by atoms with van der Waals surface area (Å²) >= 11 is -1.92. The number of aromatic nitrogens is 2. The first-order chi connectivity index (χ1) is 13.9. The van der Waals surface area contributed by atoms with E-state index in [4.69, 9.17) is 9.54 Å². The van der Waals surface area contributed by atoms with Gasteiger partial charge in [0.2, 0.25) is 0 Å². The molecule has 2 aromatic carbocycles. The minimum absolute atomic E-state index is 0.0464. The molecule has 0 saturated carbocycles. The summed E-state index contributed by atoms with van der Waals surface area (Å²) in [6, 6.07) is 16.8.